The highest BCUT2D eigenvalue weighted by molar-refractivity contribution is 5.84. The molecule has 1 saturated heterocycles. The van der Waals surface area contributed by atoms with Crippen LogP contribution in [0.3, 0.4) is 0 Å². The number of rotatable bonds is 5. The van der Waals surface area contributed by atoms with Crippen molar-refractivity contribution >= 4 is 5.78 Å². The zero-order valence-corrected chi connectivity index (χ0v) is 11.4. The Kier molecular flexibility index (Phi) is 4.61. The predicted molar refractivity (Wildman–Crippen MR) is 71.0 cm³/mol. The minimum atomic E-state index is 0.183. The first-order valence-electron chi connectivity index (χ1n) is 7.49. The second-order valence-electron chi connectivity index (χ2n) is 6.17. The van der Waals surface area contributed by atoms with Crippen molar-refractivity contribution in [3.8, 4) is 0 Å². The molecule has 0 bridgehead atoms. The summed E-state index contributed by atoms with van der Waals surface area (Å²) < 4.78 is 0. The van der Waals surface area contributed by atoms with E-state index in [-0.39, 0.29) is 6.04 Å². The Morgan fingerprint density at radius 3 is 2.82 bits per heavy atom. The van der Waals surface area contributed by atoms with E-state index in [1.807, 2.05) is 0 Å². The van der Waals surface area contributed by atoms with Crippen molar-refractivity contribution in [1.29, 1.82) is 0 Å². The largest absolute Gasteiger partial charge is 0.304 e. The molecule has 1 saturated carbocycles. The lowest BCUT2D eigenvalue weighted by Crippen LogP contribution is -2.37. The van der Waals surface area contributed by atoms with Gasteiger partial charge >= 0.3 is 0 Å². The van der Waals surface area contributed by atoms with E-state index in [0.29, 0.717) is 17.7 Å². The molecule has 1 heterocycles. The second-order valence-corrected chi connectivity index (χ2v) is 6.17. The molecule has 0 amide bonds. The molecule has 2 aliphatic rings. The summed E-state index contributed by atoms with van der Waals surface area (Å²) >= 11 is 0. The molecular formula is C15H27NO. The van der Waals surface area contributed by atoms with Crippen LogP contribution in [0.25, 0.3) is 0 Å². The first-order valence-corrected chi connectivity index (χ1v) is 7.49. The third kappa shape index (κ3) is 3.31. The standard InChI is InChI=1S/C15H27NO/c1-3-6-11(2)9-15(17)14-10-12-7-4-5-8-13(12)16-14/h11-14,16H,3-10H2,1-2H3. The number of hydrogen-bond acceptors (Lipinski definition) is 2. The summed E-state index contributed by atoms with van der Waals surface area (Å²) in [4.78, 5) is 12.2. The third-order valence-corrected chi connectivity index (χ3v) is 4.58. The summed E-state index contributed by atoms with van der Waals surface area (Å²) in [6.07, 6.45) is 9.62. The van der Waals surface area contributed by atoms with Gasteiger partial charge in [-0.2, -0.15) is 0 Å². The Balaban J connectivity index is 1.80. The van der Waals surface area contributed by atoms with Gasteiger partial charge in [0.25, 0.3) is 0 Å². The van der Waals surface area contributed by atoms with Crippen LogP contribution in [0.4, 0.5) is 0 Å². The molecule has 0 radical (unpaired) electrons. The van der Waals surface area contributed by atoms with E-state index in [1.165, 1.54) is 38.5 Å². The molecule has 2 fully saturated rings. The maximum Gasteiger partial charge on any atom is 0.150 e. The van der Waals surface area contributed by atoms with E-state index in [1.54, 1.807) is 0 Å². The zero-order valence-electron chi connectivity index (χ0n) is 11.4. The molecule has 2 nitrogen and oxygen atoms in total. The van der Waals surface area contributed by atoms with Crippen LogP contribution in [0.15, 0.2) is 0 Å². The van der Waals surface area contributed by atoms with Crippen LogP contribution in [-0.2, 0) is 4.79 Å². The Hall–Kier alpha value is -0.370. The van der Waals surface area contributed by atoms with Gasteiger partial charge in [-0.1, -0.05) is 39.5 Å². The van der Waals surface area contributed by atoms with Gasteiger partial charge in [-0.3, -0.25) is 4.79 Å². The molecule has 0 aromatic rings. The minimum absolute atomic E-state index is 0.183. The fourth-order valence-corrected chi connectivity index (χ4v) is 3.64. The molecule has 0 spiro atoms. The average Bonchev–Trinajstić information content (AvgIpc) is 2.72. The van der Waals surface area contributed by atoms with Crippen LogP contribution >= 0.6 is 0 Å². The van der Waals surface area contributed by atoms with Crippen molar-refractivity contribution in [3.63, 3.8) is 0 Å². The zero-order chi connectivity index (χ0) is 12.3. The molecule has 17 heavy (non-hydrogen) atoms. The van der Waals surface area contributed by atoms with Crippen molar-refractivity contribution in [2.45, 2.75) is 77.3 Å². The van der Waals surface area contributed by atoms with Crippen LogP contribution in [0.1, 0.15) is 65.2 Å². The second kappa shape index (κ2) is 5.99. The molecule has 2 rings (SSSR count). The lowest BCUT2D eigenvalue weighted by atomic mass is 9.84. The van der Waals surface area contributed by atoms with E-state index in [0.717, 1.165) is 18.8 Å². The van der Waals surface area contributed by atoms with Crippen molar-refractivity contribution in [2.24, 2.45) is 11.8 Å². The predicted octanol–water partition coefficient (Wildman–Crippen LogP) is 3.30. The van der Waals surface area contributed by atoms with E-state index >= 15 is 0 Å². The maximum atomic E-state index is 12.2. The van der Waals surface area contributed by atoms with Gasteiger partial charge in [0.15, 0.2) is 0 Å². The van der Waals surface area contributed by atoms with Crippen molar-refractivity contribution < 1.29 is 4.79 Å². The van der Waals surface area contributed by atoms with Crippen LogP contribution in [-0.4, -0.2) is 17.9 Å². The smallest absolute Gasteiger partial charge is 0.150 e. The number of fused-ring (bicyclic) bond motifs is 1. The van der Waals surface area contributed by atoms with Crippen LogP contribution in [0.2, 0.25) is 0 Å². The number of nitrogens with one attached hydrogen (secondary N) is 1. The fraction of sp³-hybridized carbons (Fsp3) is 0.933. The van der Waals surface area contributed by atoms with Crippen molar-refractivity contribution in [3.05, 3.63) is 0 Å². The highest BCUT2D eigenvalue weighted by Crippen LogP contribution is 2.34. The lowest BCUT2D eigenvalue weighted by molar-refractivity contribution is -0.121. The van der Waals surface area contributed by atoms with Gasteiger partial charge in [0.1, 0.15) is 5.78 Å². The molecule has 1 aliphatic heterocycles. The molecule has 1 N–H and O–H groups in total. The summed E-state index contributed by atoms with van der Waals surface area (Å²) in [5.41, 5.74) is 0. The Morgan fingerprint density at radius 2 is 2.12 bits per heavy atom. The normalized spacial score (nSPS) is 34.4. The lowest BCUT2D eigenvalue weighted by Gasteiger charge is -2.24. The number of hydrogen-bond donors (Lipinski definition) is 1. The first kappa shape index (κ1) is 13.1. The summed E-state index contributed by atoms with van der Waals surface area (Å²) in [7, 11) is 0. The summed E-state index contributed by atoms with van der Waals surface area (Å²) in [5, 5.41) is 3.59. The van der Waals surface area contributed by atoms with Gasteiger partial charge in [-0.25, -0.2) is 0 Å². The van der Waals surface area contributed by atoms with Gasteiger partial charge in [0, 0.05) is 12.5 Å². The quantitative estimate of drug-likeness (QED) is 0.795. The van der Waals surface area contributed by atoms with Crippen LogP contribution in [0.5, 0.6) is 0 Å². The number of ketones is 1. The molecule has 0 aromatic heterocycles. The first-order chi connectivity index (χ1) is 8.20. The number of Topliss-reactive ketones (excluding diaryl/α,β-unsaturated/α-hetero) is 1. The fourth-order valence-electron chi connectivity index (χ4n) is 3.64. The highest BCUT2D eigenvalue weighted by Gasteiger charge is 2.37. The van der Waals surface area contributed by atoms with E-state index in [9.17, 15) is 4.79 Å². The minimum Gasteiger partial charge on any atom is -0.304 e. The Morgan fingerprint density at radius 1 is 1.35 bits per heavy atom. The SMILES string of the molecule is CCCC(C)CC(=O)C1CC2CCCCC2N1. The van der Waals surface area contributed by atoms with E-state index in [4.69, 9.17) is 0 Å². The Bertz CT molecular complexity index is 250. The summed E-state index contributed by atoms with van der Waals surface area (Å²) in [6.45, 7) is 4.41. The molecule has 4 atom stereocenters. The van der Waals surface area contributed by atoms with Gasteiger partial charge in [0.05, 0.1) is 6.04 Å². The van der Waals surface area contributed by atoms with Crippen LogP contribution in [0, 0.1) is 11.8 Å². The molecule has 1 aliphatic carbocycles. The van der Waals surface area contributed by atoms with Gasteiger partial charge in [0.2, 0.25) is 0 Å². The summed E-state index contributed by atoms with van der Waals surface area (Å²) in [5.74, 6) is 1.83. The monoisotopic (exact) mass is 237 g/mol. The third-order valence-electron chi connectivity index (χ3n) is 4.58. The molecule has 2 heteroatoms. The van der Waals surface area contributed by atoms with Crippen molar-refractivity contribution in [2.75, 3.05) is 0 Å². The molecule has 4 unspecified atom stereocenters. The average molecular weight is 237 g/mol. The molecule has 0 aromatic carbocycles. The summed E-state index contributed by atoms with van der Waals surface area (Å²) in [6, 6.07) is 0.835. The molecular weight excluding hydrogens is 210 g/mol. The van der Waals surface area contributed by atoms with Gasteiger partial charge in [-0.15, -0.1) is 0 Å². The van der Waals surface area contributed by atoms with E-state index < -0.39 is 0 Å². The van der Waals surface area contributed by atoms with Crippen molar-refractivity contribution in [1.82, 2.24) is 5.32 Å². The topological polar surface area (TPSA) is 29.1 Å². The van der Waals surface area contributed by atoms with Crippen LogP contribution < -0.4 is 5.32 Å². The van der Waals surface area contributed by atoms with Gasteiger partial charge < -0.3 is 5.32 Å². The number of carbonyl (C=O) groups is 1. The maximum absolute atomic E-state index is 12.2. The van der Waals surface area contributed by atoms with Gasteiger partial charge in [-0.05, 0) is 31.1 Å². The molecule has 98 valence electrons. The Labute approximate surface area is 106 Å². The van der Waals surface area contributed by atoms with E-state index in [2.05, 4.69) is 19.2 Å². The highest BCUT2D eigenvalue weighted by atomic mass is 16.1. The number of carbonyl (C=O) groups excluding carboxylic acids is 1.